The first kappa shape index (κ1) is 14.4. The topological polar surface area (TPSA) is 40.5 Å². The maximum atomic E-state index is 9.80. The molecule has 0 bridgehead atoms. The Hall–Kier alpha value is -1.96. The van der Waals surface area contributed by atoms with Gasteiger partial charge in [-0.2, -0.15) is 0 Å². The Balaban J connectivity index is 2.81. The average Bonchev–Trinajstić information content (AvgIpc) is 2.38. The van der Waals surface area contributed by atoms with Crippen molar-refractivity contribution in [2.45, 2.75) is 40.5 Å². The molecule has 0 spiro atoms. The summed E-state index contributed by atoms with van der Waals surface area (Å²) in [7, 11) is 0. The maximum Gasteiger partial charge on any atom is 0.116 e. The number of hydrogen-bond acceptors (Lipinski definition) is 2. The van der Waals surface area contributed by atoms with Gasteiger partial charge in [-0.15, -0.1) is 0 Å². The molecule has 2 rings (SSSR count). The van der Waals surface area contributed by atoms with E-state index in [0.29, 0.717) is 11.5 Å². The number of phenols is 2. The van der Waals surface area contributed by atoms with Crippen LogP contribution in [-0.4, -0.2) is 10.2 Å². The van der Waals surface area contributed by atoms with Gasteiger partial charge in [-0.25, -0.2) is 0 Å². The zero-order chi connectivity index (χ0) is 14.9. The first-order chi connectivity index (χ1) is 9.47. The van der Waals surface area contributed by atoms with Crippen molar-refractivity contribution in [2.24, 2.45) is 0 Å². The van der Waals surface area contributed by atoms with Crippen molar-refractivity contribution in [3.05, 3.63) is 46.5 Å². The van der Waals surface area contributed by atoms with E-state index in [4.69, 9.17) is 0 Å². The second kappa shape index (κ2) is 5.58. The number of benzene rings is 2. The molecule has 0 aliphatic heterocycles. The van der Waals surface area contributed by atoms with Crippen molar-refractivity contribution in [3.63, 3.8) is 0 Å². The lowest BCUT2D eigenvalue weighted by Crippen LogP contribution is -1.98. The molecule has 2 N–H and O–H groups in total. The van der Waals surface area contributed by atoms with Crippen LogP contribution < -0.4 is 0 Å². The molecule has 2 aromatic rings. The Morgan fingerprint density at radius 2 is 1.05 bits per heavy atom. The van der Waals surface area contributed by atoms with Gasteiger partial charge in [-0.05, 0) is 84.3 Å². The lowest BCUT2D eigenvalue weighted by atomic mass is 9.87. The van der Waals surface area contributed by atoms with Gasteiger partial charge >= 0.3 is 0 Å². The lowest BCUT2D eigenvalue weighted by molar-refractivity contribution is 0.473. The molecule has 2 aromatic carbocycles. The Labute approximate surface area is 120 Å². The Kier molecular flexibility index (Phi) is 4.03. The molecule has 0 saturated carbocycles. The molecule has 0 aliphatic carbocycles. The number of phenolic OH excluding ortho intramolecular Hbond substituents is 2. The smallest absolute Gasteiger partial charge is 0.116 e. The Bertz CT molecular complexity index is 585. The van der Waals surface area contributed by atoms with E-state index >= 15 is 0 Å². The van der Waals surface area contributed by atoms with Gasteiger partial charge in [0.2, 0.25) is 0 Å². The molecule has 0 amide bonds. The van der Waals surface area contributed by atoms with Gasteiger partial charge in [0.05, 0.1) is 0 Å². The van der Waals surface area contributed by atoms with Gasteiger partial charge in [0.15, 0.2) is 0 Å². The van der Waals surface area contributed by atoms with Crippen molar-refractivity contribution < 1.29 is 10.2 Å². The molecule has 0 saturated heterocycles. The molecule has 2 heteroatoms. The molecular weight excluding hydrogens is 248 g/mol. The van der Waals surface area contributed by atoms with Crippen LogP contribution in [0, 0.1) is 13.8 Å². The SMILES string of the molecule is CCc1cc(O)cc(C)c1-c1c(C)cc(O)cc1CC. The van der Waals surface area contributed by atoms with Gasteiger partial charge in [0, 0.05) is 0 Å². The Morgan fingerprint density at radius 3 is 1.35 bits per heavy atom. The summed E-state index contributed by atoms with van der Waals surface area (Å²) in [6.45, 7) is 8.25. The predicted octanol–water partition coefficient (Wildman–Crippen LogP) is 4.51. The monoisotopic (exact) mass is 270 g/mol. The molecule has 0 fully saturated rings. The Morgan fingerprint density at radius 1 is 0.700 bits per heavy atom. The minimum atomic E-state index is 0.317. The standard InChI is InChI=1S/C18H22O2/c1-5-13-9-15(19)7-11(3)17(13)18-12(4)8-16(20)10-14(18)6-2/h7-10,19-20H,5-6H2,1-4H3. The third kappa shape index (κ3) is 2.51. The second-order valence-electron chi connectivity index (χ2n) is 5.30. The molecule has 0 atom stereocenters. The highest BCUT2D eigenvalue weighted by atomic mass is 16.3. The van der Waals surface area contributed by atoms with Crippen molar-refractivity contribution in [1.29, 1.82) is 0 Å². The van der Waals surface area contributed by atoms with Crippen molar-refractivity contribution in [3.8, 4) is 22.6 Å². The highest BCUT2D eigenvalue weighted by Gasteiger charge is 2.15. The van der Waals surface area contributed by atoms with Crippen LogP contribution in [0.2, 0.25) is 0 Å². The van der Waals surface area contributed by atoms with E-state index in [-0.39, 0.29) is 0 Å². The third-order valence-corrected chi connectivity index (χ3v) is 3.82. The quantitative estimate of drug-likeness (QED) is 0.861. The summed E-state index contributed by atoms with van der Waals surface area (Å²) in [4.78, 5) is 0. The molecule has 0 radical (unpaired) electrons. The molecule has 2 nitrogen and oxygen atoms in total. The predicted molar refractivity (Wildman–Crippen MR) is 83.4 cm³/mol. The van der Waals surface area contributed by atoms with Crippen LogP contribution in [0.25, 0.3) is 11.1 Å². The summed E-state index contributed by atoms with van der Waals surface area (Å²) >= 11 is 0. The summed E-state index contributed by atoms with van der Waals surface area (Å²) in [5.74, 6) is 0.634. The molecule has 0 unspecified atom stereocenters. The summed E-state index contributed by atoms with van der Waals surface area (Å²) in [6.07, 6.45) is 1.74. The first-order valence-corrected chi connectivity index (χ1v) is 7.13. The zero-order valence-corrected chi connectivity index (χ0v) is 12.6. The van der Waals surface area contributed by atoms with Crippen LogP contribution >= 0.6 is 0 Å². The maximum absolute atomic E-state index is 9.80. The van der Waals surface area contributed by atoms with Crippen LogP contribution in [0.3, 0.4) is 0 Å². The fourth-order valence-corrected chi connectivity index (χ4v) is 2.95. The van der Waals surface area contributed by atoms with Crippen LogP contribution in [0.5, 0.6) is 11.5 Å². The van der Waals surface area contributed by atoms with Gasteiger partial charge in [-0.1, -0.05) is 13.8 Å². The van der Waals surface area contributed by atoms with E-state index in [0.717, 1.165) is 35.1 Å². The van der Waals surface area contributed by atoms with Crippen LogP contribution in [0.15, 0.2) is 24.3 Å². The van der Waals surface area contributed by atoms with Crippen LogP contribution in [0.1, 0.15) is 36.1 Å². The fourth-order valence-electron chi connectivity index (χ4n) is 2.95. The summed E-state index contributed by atoms with van der Waals surface area (Å²) in [5.41, 5.74) is 6.83. The molecule has 20 heavy (non-hydrogen) atoms. The van der Waals surface area contributed by atoms with Gasteiger partial charge < -0.3 is 10.2 Å². The van der Waals surface area contributed by atoms with Gasteiger partial charge in [-0.3, -0.25) is 0 Å². The minimum Gasteiger partial charge on any atom is -0.508 e. The molecule has 0 aromatic heterocycles. The number of aromatic hydroxyl groups is 2. The van der Waals surface area contributed by atoms with E-state index in [9.17, 15) is 10.2 Å². The van der Waals surface area contributed by atoms with Gasteiger partial charge in [0.25, 0.3) is 0 Å². The van der Waals surface area contributed by atoms with E-state index < -0.39 is 0 Å². The van der Waals surface area contributed by atoms with Crippen molar-refractivity contribution >= 4 is 0 Å². The van der Waals surface area contributed by atoms with Crippen LogP contribution in [-0.2, 0) is 12.8 Å². The van der Waals surface area contributed by atoms with Crippen LogP contribution in [0.4, 0.5) is 0 Å². The molecule has 0 aliphatic rings. The summed E-state index contributed by atoms with van der Waals surface area (Å²) in [5, 5.41) is 19.6. The van der Waals surface area contributed by atoms with E-state index in [1.165, 1.54) is 11.1 Å². The summed E-state index contributed by atoms with van der Waals surface area (Å²) in [6, 6.07) is 7.29. The first-order valence-electron chi connectivity index (χ1n) is 7.13. The number of aryl methyl sites for hydroxylation is 4. The molecule has 0 heterocycles. The van der Waals surface area contributed by atoms with E-state index in [1.807, 2.05) is 26.0 Å². The van der Waals surface area contributed by atoms with E-state index in [1.54, 1.807) is 12.1 Å². The zero-order valence-electron chi connectivity index (χ0n) is 12.6. The van der Waals surface area contributed by atoms with Gasteiger partial charge in [0.1, 0.15) is 11.5 Å². The van der Waals surface area contributed by atoms with E-state index in [2.05, 4.69) is 13.8 Å². The highest BCUT2D eigenvalue weighted by Crippen LogP contribution is 2.37. The molecular formula is C18H22O2. The van der Waals surface area contributed by atoms with Crippen molar-refractivity contribution in [2.75, 3.05) is 0 Å². The average molecular weight is 270 g/mol. The highest BCUT2D eigenvalue weighted by molar-refractivity contribution is 5.78. The second-order valence-corrected chi connectivity index (χ2v) is 5.30. The molecule has 106 valence electrons. The minimum absolute atomic E-state index is 0.317. The lowest BCUT2D eigenvalue weighted by Gasteiger charge is -2.18. The fraction of sp³-hybridized carbons (Fsp3) is 0.333. The van der Waals surface area contributed by atoms with Crippen molar-refractivity contribution in [1.82, 2.24) is 0 Å². The number of rotatable bonds is 3. The number of hydrogen-bond donors (Lipinski definition) is 2. The largest absolute Gasteiger partial charge is 0.508 e. The summed E-state index contributed by atoms with van der Waals surface area (Å²) < 4.78 is 0. The normalized spacial score (nSPS) is 10.8. The third-order valence-electron chi connectivity index (χ3n) is 3.82.